The fourth-order valence-electron chi connectivity index (χ4n) is 2.25. The summed E-state index contributed by atoms with van der Waals surface area (Å²) in [6, 6.07) is 10.2. The van der Waals surface area contributed by atoms with Crippen LogP contribution in [0.2, 0.25) is 0 Å². The number of ether oxygens (including phenoxy) is 1. The van der Waals surface area contributed by atoms with E-state index >= 15 is 0 Å². The first-order valence-corrected chi connectivity index (χ1v) is 8.93. The van der Waals surface area contributed by atoms with Gasteiger partial charge in [-0.3, -0.25) is 4.79 Å². The van der Waals surface area contributed by atoms with Crippen LogP contribution < -0.4 is 5.32 Å². The van der Waals surface area contributed by atoms with Crippen LogP contribution in [0.5, 0.6) is 0 Å². The van der Waals surface area contributed by atoms with Crippen LogP contribution in [0.1, 0.15) is 25.2 Å². The highest BCUT2D eigenvalue weighted by Crippen LogP contribution is 2.23. The summed E-state index contributed by atoms with van der Waals surface area (Å²) in [6.45, 7) is 5.65. The molecule has 0 fully saturated rings. The fraction of sp³-hybridized carbons (Fsp3) is 0.471. The van der Waals surface area contributed by atoms with Gasteiger partial charge in [0.15, 0.2) is 5.16 Å². The van der Waals surface area contributed by atoms with Crippen LogP contribution in [0.25, 0.3) is 0 Å². The maximum Gasteiger partial charge on any atom is 0.233 e. The Labute approximate surface area is 147 Å². The number of amides is 1. The minimum atomic E-state index is -0.222. The third-order valence-corrected chi connectivity index (χ3v) is 4.60. The van der Waals surface area contributed by atoms with Crippen LogP contribution in [0.15, 0.2) is 35.5 Å². The average Bonchev–Trinajstić information content (AvgIpc) is 2.95. The lowest BCUT2D eigenvalue weighted by atomic mass is 10.1. The van der Waals surface area contributed by atoms with Crippen LogP contribution in [-0.4, -0.2) is 46.2 Å². The zero-order valence-corrected chi connectivity index (χ0v) is 15.2. The molecule has 0 aliphatic heterocycles. The second-order valence-corrected chi connectivity index (χ2v) is 6.67. The van der Waals surface area contributed by atoms with E-state index in [0.29, 0.717) is 26.1 Å². The molecule has 1 heterocycles. The van der Waals surface area contributed by atoms with Crippen molar-refractivity contribution in [2.24, 2.45) is 0 Å². The van der Waals surface area contributed by atoms with Crippen LogP contribution in [-0.2, 0) is 22.5 Å². The van der Waals surface area contributed by atoms with Crippen molar-refractivity contribution in [1.82, 2.24) is 20.1 Å². The lowest BCUT2D eigenvalue weighted by molar-refractivity contribution is -0.120. The van der Waals surface area contributed by atoms with Crippen LogP contribution in [0.3, 0.4) is 0 Å². The van der Waals surface area contributed by atoms with Crippen LogP contribution in [0, 0.1) is 0 Å². The highest BCUT2D eigenvalue weighted by Gasteiger charge is 2.19. The molecule has 1 atom stereocenters. The van der Waals surface area contributed by atoms with E-state index in [0.717, 1.165) is 11.0 Å². The van der Waals surface area contributed by atoms with Gasteiger partial charge in [0.05, 0.1) is 11.9 Å². The Bertz CT molecular complexity index is 645. The zero-order valence-electron chi connectivity index (χ0n) is 14.4. The molecule has 0 saturated carbocycles. The number of nitrogens with zero attached hydrogens (tertiary/aromatic N) is 3. The molecule has 1 aromatic heterocycles. The highest BCUT2D eigenvalue weighted by atomic mass is 32.2. The second-order valence-electron chi connectivity index (χ2n) is 5.36. The van der Waals surface area contributed by atoms with E-state index in [1.807, 2.05) is 36.6 Å². The first-order chi connectivity index (χ1) is 11.7. The Morgan fingerprint density at radius 1 is 1.33 bits per heavy atom. The lowest BCUT2D eigenvalue weighted by Gasteiger charge is -2.13. The van der Waals surface area contributed by atoms with Gasteiger partial charge in [0.1, 0.15) is 5.82 Å². The van der Waals surface area contributed by atoms with E-state index in [2.05, 4.69) is 27.6 Å². The summed E-state index contributed by atoms with van der Waals surface area (Å²) in [4.78, 5) is 12.0. The summed E-state index contributed by atoms with van der Waals surface area (Å²) in [7, 11) is 1.67. The van der Waals surface area contributed by atoms with Gasteiger partial charge in [0.2, 0.25) is 5.91 Å². The molecule has 1 N–H and O–H groups in total. The number of hydrogen-bond acceptors (Lipinski definition) is 5. The summed E-state index contributed by atoms with van der Waals surface area (Å²) in [5, 5.41) is 12.0. The fourth-order valence-corrected chi connectivity index (χ4v) is 3.17. The van der Waals surface area contributed by atoms with Crippen LogP contribution >= 0.6 is 11.8 Å². The van der Waals surface area contributed by atoms with Crippen molar-refractivity contribution < 1.29 is 9.53 Å². The number of nitrogens with one attached hydrogen (secondary N) is 1. The van der Waals surface area contributed by atoms with E-state index < -0.39 is 0 Å². The molecule has 0 bridgehead atoms. The van der Waals surface area contributed by atoms with E-state index in [-0.39, 0.29) is 11.2 Å². The van der Waals surface area contributed by atoms with Gasteiger partial charge in [-0.25, -0.2) is 0 Å². The lowest BCUT2D eigenvalue weighted by Crippen LogP contribution is -2.30. The number of thioether (sulfide) groups is 1. The summed E-state index contributed by atoms with van der Waals surface area (Å²) >= 11 is 1.42. The third-order valence-electron chi connectivity index (χ3n) is 3.52. The molecule has 1 aromatic carbocycles. The number of benzene rings is 1. The van der Waals surface area contributed by atoms with Crippen LogP contribution in [0.4, 0.5) is 0 Å². The van der Waals surface area contributed by atoms with Gasteiger partial charge < -0.3 is 14.6 Å². The first-order valence-electron chi connectivity index (χ1n) is 8.05. The normalized spacial score (nSPS) is 12.1. The van der Waals surface area contributed by atoms with Crippen molar-refractivity contribution in [1.29, 1.82) is 0 Å². The van der Waals surface area contributed by atoms with Gasteiger partial charge in [-0.2, -0.15) is 0 Å². The number of rotatable bonds is 9. The molecule has 6 nitrogen and oxygen atoms in total. The molecular formula is C17H24N4O2S. The van der Waals surface area contributed by atoms with Crippen molar-refractivity contribution in [3.63, 3.8) is 0 Å². The van der Waals surface area contributed by atoms with E-state index in [9.17, 15) is 4.79 Å². The van der Waals surface area contributed by atoms with E-state index in [1.165, 1.54) is 17.3 Å². The molecule has 0 spiro atoms. The molecule has 2 aromatic rings. The summed E-state index contributed by atoms with van der Waals surface area (Å²) in [6.07, 6.45) is 0.702. The molecule has 7 heteroatoms. The molecule has 130 valence electrons. The SMILES string of the molecule is CCNC(=O)[C@H](C)Sc1nnc(Cc2ccccc2)n1CCOC. The average molecular weight is 348 g/mol. The smallest absolute Gasteiger partial charge is 0.233 e. The number of aromatic nitrogens is 3. The molecular weight excluding hydrogens is 324 g/mol. The van der Waals surface area contributed by atoms with Crippen molar-refractivity contribution in [3.05, 3.63) is 41.7 Å². The van der Waals surface area contributed by atoms with E-state index in [1.54, 1.807) is 7.11 Å². The summed E-state index contributed by atoms with van der Waals surface area (Å²) in [5.41, 5.74) is 1.18. The first kappa shape index (κ1) is 18.5. The molecule has 24 heavy (non-hydrogen) atoms. The van der Waals surface area contributed by atoms with E-state index in [4.69, 9.17) is 4.74 Å². The highest BCUT2D eigenvalue weighted by molar-refractivity contribution is 8.00. The van der Waals surface area contributed by atoms with Gasteiger partial charge in [0.25, 0.3) is 0 Å². The maximum absolute atomic E-state index is 12.0. The number of carbonyl (C=O) groups is 1. The predicted molar refractivity (Wildman–Crippen MR) is 95.1 cm³/mol. The molecule has 2 rings (SSSR count). The molecule has 0 radical (unpaired) electrons. The minimum Gasteiger partial charge on any atom is -0.383 e. The minimum absolute atomic E-state index is 0.00778. The Balaban J connectivity index is 2.17. The Hall–Kier alpha value is -1.86. The number of carbonyl (C=O) groups excluding carboxylic acids is 1. The third kappa shape index (κ3) is 5.07. The Kier molecular flexibility index (Phi) is 7.27. The Morgan fingerprint density at radius 2 is 2.08 bits per heavy atom. The topological polar surface area (TPSA) is 69.0 Å². The Morgan fingerprint density at radius 3 is 2.75 bits per heavy atom. The standard InChI is InChI=1S/C17H24N4O2S/c1-4-18-16(22)13(2)24-17-20-19-15(21(17)10-11-23-3)12-14-8-6-5-7-9-14/h5-9,13H,4,10-12H2,1-3H3,(H,18,22)/t13-/m0/s1. The van der Waals surface area contributed by atoms with Gasteiger partial charge in [-0.15, -0.1) is 10.2 Å². The number of methoxy groups -OCH3 is 1. The van der Waals surface area contributed by atoms with Crippen molar-refractivity contribution in [2.45, 2.75) is 37.2 Å². The van der Waals surface area contributed by atoms with Crippen molar-refractivity contribution >= 4 is 17.7 Å². The zero-order chi connectivity index (χ0) is 17.4. The van der Waals surface area contributed by atoms with Crippen molar-refractivity contribution in [3.8, 4) is 0 Å². The molecule has 0 aliphatic rings. The number of hydrogen-bond donors (Lipinski definition) is 1. The molecule has 0 unspecified atom stereocenters. The van der Waals surface area contributed by atoms with Gasteiger partial charge in [0, 0.05) is 26.6 Å². The molecule has 0 aliphatic carbocycles. The molecule has 0 saturated heterocycles. The molecule has 1 amide bonds. The monoisotopic (exact) mass is 348 g/mol. The van der Waals surface area contributed by atoms with Gasteiger partial charge >= 0.3 is 0 Å². The largest absolute Gasteiger partial charge is 0.383 e. The quantitative estimate of drug-likeness (QED) is 0.703. The van der Waals surface area contributed by atoms with Gasteiger partial charge in [-0.05, 0) is 19.4 Å². The maximum atomic E-state index is 12.0. The second kappa shape index (κ2) is 9.44. The predicted octanol–water partition coefficient (Wildman–Crippen LogP) is 2.13. The summed E-state index contributed by atoms with van der Waals surface area (Å²) < 4.78 is 7.24. The van der Waals surface area contributed by atoms with Crippen molar-refractivity contribution in [2.75, 3.05) is 20.3 Å². The summed E-state index contributed by atoms with van der Waals surface area (Å²) in [5.74, 6) is 0.886. The van der Waals surface area contributed by atoms with Gasteiger partial charge in [-0.1, -0.05) is 42.1 Å².